The van der Waals surface area contributed by atoms with Crippen LogP contribution in [0.2, 0.25) is 0 Å². The molecule has 1 aromatic carbocycles. The van der Waals surface area contributed by atoms with Crippen LogP contribution in [0.25, 0.3) is 5.69 Å². The summed E-state index contributed by atoms with van der Waals surface area (Å²) >= 11 is 5.08. The minimum atomic E-state index is -0.287. The maximum atomic E-state index is 11.2. The van der Waals surface area contributed by atoms with Gasteiger partial charge in [0, 0.05) is 12.3 Å². The molecule has 0 bridgehead atoms. The Kier molecular flexibility index (Phi) is 3.26. The molecule has 2 rings (SSSR count). The maximum absolute atomic E-state index is 11.2. The number of benzene rings is 1. The van der Waals surface area contributed by atoms with E-state index in [1.807, 2.05) is 0 Å². The average molecular weight is 259 g/mol. The van der Waals surface area contributed by atoms with E-state index in [4.69, 9.17) is 22.2 Å². The van der Waals surface area contributed by atoms with Crippen LogP contribution in [0.5, 0.6) is 5.75 Å². The van der Waals surface area contributed by atoms with Crippen molar-refractivity contribution in [1.29, 1.82) is 5.26 Å². The summed E-state index contributed by atoms with van der Waals surface area (Å²) in [6.07, 6.45) is 1.51. The number of nitrogens with zero attached hydrogens (tertiary/aromatic N) is 2. The Morgan fingerprint density at radius 3 is 2.83 bits per heavy atom. The van der Waals surface area contributed by atoms with Crippen LogP contribution in [-0.2, 0) is 0 Å². The molecule has 0 fully saturated rings. The lowest BCUT2D eigenvalue weighted by molar-refractivity contribution is 0.412. The van der Waals surface area contributed by atoms with Gasteiger partial charge in [-0.2, -0.15) is 5.26 Å². The van der Waals surface area contributed by atoms with Gasteiger partial charge in [0.2, 0.25) is 0 Å². The van der Waals surface area contributed by atoms with Crippen molar-refractivity contribution in [3.63, 3.8) is 0 Å². The van der Waals surface area contributed by atoms with Gasteiger partial charge in [0.05, 0.1) is 12.7 Å². The Balaban J connectivity index is 2.82. The van der Waals surface area contributed by atoms with Crippen LogP contribution >= 0.6 is 12.2 Å². The van der Waals surface area contributed by atoms with Gasteiger partial charge in [0.25, 0.3) is 5.56 Å². The average Bonchev–Trinajstić information content (AvgIpc) is 2.38. The maximum Gasteiger partial charge on any atom is 0.251 e. The predicted molar refractivity (Wildman–Crippen MR) is 68.5 cm³/mol. The number of ether oxygens (including phenoxy) is 1. The molecule has 18 heavy (non-hydrogen) atoms. The fourth-order valence-electron chi connectivity index (χ4n) is 1.62. The summed E-state index contributed by atoms with van der Waals surface area (Å²) in [6, 6.07) is 8.51. The predicted octanol–water partition coefficient (Wildman–Crippen LogP) is 1.78. The summed E-state index contributed by atoms with van der Waals surface area (Å²) in [5.41, 5.74) is 0.644. The summed E-state index contributed by atoms with van der Waals surface area (Å²) < 4.78 is 6.96. The highest BCUT2D eigenvalue weighted by molar-refractivity contribution is 7.71. The number of rotatable bonds is 2. The van der Waals surface area contributed by atoms with Crippen molar-refractivity contribution in [3.8, 4) is 17.5 Å². The summed E-state index contributed by atoms with van der Waals surface area (Å²) in [7, 11) is 1.51. The number of methoxy groups -OCH3 is 1. The topological polar surface area (TPSA) is 70.8 Å². The van der Waals surface area contributed by atoms with Crippen molar-refractivity contribution < 1.29 is 4.74 Å². The standard InChI is InChI=1S/C12H9N3O2S/c1-17-9-4-2-3-8(7-13)11(9)15-6-5-10(16)14-12(15)18/h2-6H,1H3,(H,14,16,18). The molecule has 1 heterocycles. The Hall–Kier alpha value is -2.39. The van der Waals surface area contributed by atoms with Gasteiger partial charge in [-0.3, -0.25) is 14.3 Å². The number of hydrogen-bond acceptors (Lipinski definition) is 4. The number of H-pyrrole nitrogens is 1. The number of aromatic amines is 1. The third-order valence-corrected chi connectivity index (χ3v) is 2.70. The van der Waals surface area contributed by atoms with Crippen LogP contribution in [0, 0.1) is 16.1 Å². The first-order chi connectivity index (χ1) is 8.67. The molecule has 1 aromatic heterocycles. The van der Waals surface area contributed by atoms with Gasteiger partial charge in [-0.25, -0.2) is 0 Å². The van der Waals surface area contributed by atoms with Gasteiger partial charge in [0.15, 0.2) is 4.77 Å². The first kappa shape index (κ1) is 12.1. The Morgan fingerprint density at radius 2 is 2.22 bits per heavy atom. The molecule has 2 aromatic rings. The smallest absolute Gasteiger partial charge is 0.251 e. The molecule has 0 aliphatic carbocycles. The molecule has 6 heteroatoms. The Bertz CT molecular complexity index is 740. The number of aromatic nitrogens is 2. The largest absolute Gasteiger partial charge is 0.495 e. The van der Waals surface area contributed by atoms with E-state index in [1.54, 1.807) is 18.2 Å². The minimum absolute atomic E-state index is 0.212. The molecule has 0 atom stereocenters. The number of hydrogen-bond donors (Lipinski definition) is 1. The molecule has 5 nitrogen and oxygen atoms in total. The van der Waals surface area contributed by atoms with E-state index in [0.717, 1.165) is 0 Å². The first-order valence-corrected chi connectivity index (χ1v) is 5.47. The molecule has 0 aliphatic rings. The second-order valence-electron chi connectivity index (χ2n) is 3.45. The van der Waals surface area contributed by atoms with E-state index in [-0.39, 0.29) is 10.3 Å². The molecule has 0 aliphatic heterocycles. The lowest BCUT2D eigenvalue weighted by Crippen LogP contribution is -2.11. The molecule has 0 radical (unpaired) electrons. The highest BCUT2D eigenvalue weighted by Crippen LogP contribution is 2.25. The van der Waals surface area contributed by atoms with E-state index in [1.165, 1.54) is 23.9 Å². The van der Waals surface area contributed by atoms with Crippen molar-refractivity contribution in [1.82, 2.24) is 9.55 Å². The van der Waals surface area contributed by atoms with E-state index >= 15 is 0 Å². The van der Waals surface area contributed by atoms with Crippen LogP contribution in [0.15, 0.2) is 35.3 Å². The monoisotopic (exact) mass is 259 g/mol. The quantitative estimate of drug-likeness (QED) is 0.834. The van der Waals surface area contributed by atoms with Crippen LogP contribution in [0.4, 0.5) is 0 Å². The zero-order chi connectivity index (χ0) is 13.1. The summed E-state index contributed by atoms with van der Waals surface area (Å²) in [5.74, 6) is 0.511. The fraction of sp³-hybridized carbons (Fsp3) is 0.0833. The second kappa shape index (κ2) is 4.85. The number of nitriles is 1. The minimum Gasteiger partial charge on any atom is -0.495 e. The summed E-state index contributed by atoms with van der Waals surface area (Å²) in [4.78, 5) is 13.6. The molecule has 0 saturated heterocycles. The van der Waals surface area contributed by atoms with E-state index in [9.17, 15) is 4.79 Å². The normalized spacial score (nSPS) is 9.78. The highest BCUT2D eigenvalue weighted by atomic mass is 32.1. The summed E-state index contributed by atoms with van der Waals surface area (Å²) in [5, 5.41) is 9.12. The van der Waals surface area contributed by atoms with Crippen molar-refractivity contribution in [2.24, 2.45) is 0 Å². The Labute approximate surface area is 108 Å². The van der Waals surface area contributed by atoms with Crippen LogP contribution < -0.4 is 10.3 Å². The van der Waals surface area contributed by atoms with E-state index in [2.05, 4.69) is 11.1 Å². The van der Waals surface area contributed by atoms with Crippen LogP contribution in [0.1, 0.15) is 5.56 Å². The number of para-hydroxylation sites is 1. The second-order valence-corrected chi connectivity index (χ2v) is 3.84. The molecular weight excluding hydrogens is 250 g/mol. The summed E-state index contributed by atoms with van der Waals surface area (Å²) in [6.45, 7) is 0. The van der Waals surface area contributed by atoms with Gasteiger partial charge < -0.3 is 4.74 Å². The van der Waals surface area contributed by atoms with Gasteiger partial charge in [-0.15, -0.1) is 0 Å². The van der Waals surface area contributed by atoms with E-state index in [0.29, 0.717) is 17.0 Å². The molecule has 0 unspecified atom stereocenters. The molecule has 0 spiro atoms. The third kappa shape index (κ3) is 2.04. The molecule has 0 amide bonds. The molecular formula is C12H9N3O2S. The zero-order valence-corrected chi connectivity index (χ0v) is 10.3. The zero-order valence-electron chi connectivity index (χ0n) is 9.51. The van der Waals surface area contributed by atoms with Crippen LogP contribution in [0.3, 0.4) is 0 Å². The highest BCUT2D eigenvalue weighted by Gasteiger charge is 2.11. The lowest BCUT2D eigenvalue weighted by Gasteiger charge is -2.12. The van der Waals surface area contributed by atoms with Crippen molar-refractivity contribution in [2.45, 2.75) is 0 Å². The Morgan fingerprint density at radius 1 is 1.44 bits per heavy atom. The van der Waals surface area contributed by atoms with E-state index < -0.39 is 0 Å². The van der Waals surface area contributed by atoms with Gasteiger partial charge in [-0.1, -0.05) is 6.07 Å². The van der Waals surface area contributed by atoms with Crippen LogP contribution in [-0.4, -0.2) is 16.7 Å². The van der Waals surface area contributed by atoms with Gasteiger partial charge >= 0.3 is 0 Å². The van der Waals surface area contributed by atoms with Gasteiger partial charge in [-0.05, 0) is 24.4 Å². The molecule has 1 N–H and O–H groups in total. The lowest BCUT2D eigenvalue weighted by atomic mass is 10.1. The van der Waals surface area contributed by atoms with Crippen molar-refractivity contribution in [3.05, 3.63) is 51.2 Å². The molecule has 90 valence electrons. The third-order valence-electron chi connectivity index (χ3n) is 2.40. The fourth-order valence-corrected chi connectivity index (χ4v) is 1.87. The van der Waals surface area contributed by atoms with Crippen molar-refractivity contribution >= 4 is 12.2 Å². The first-order valence-electron chi connectivity index (χ1n) is 5.07. The SMILES string of the molecule is COc1cccc(C#N)c1-n1ccc(=O)[nH]c1=S. The van der Waals surface area contributed by atoms with Crippen molar-refractivity contribution in [2.75, 3.05) is 7.11 Å². The van der Waals surface area contributed by atoms with Gasteiger partial charge in [0.1, 0.15) is 17.5 Å². The molecule has 0 saturated carbocycles. The number of nitrogens with one attached hydrogen (secondary N) is 1.